The van der Waals surface area contributed by atoms with Crippen LogP contribution >= 0.6 is 15.9 Å². The molecule has 0 spiro atoms. The van der Waals surface area contributed by atoms with E-state index >= 15 is 0 Å². The van der Waals surface area contributed by atoms with Gasteiger partial charge in [-0.2, -0.15) is 0 Å². The molecule has 1 amide bonds. The molecular formula is C16H25BrN2O2. The lowest BCUT2D eigenvalue weighted by Gasteiger charge is -2.24. The topological polar surface area (TPSA) is 64.3 Å². The van der Waals surface area contributed by atoms with Crippen LogP contribution in [-0.4, -0.2) is 24.1 Å². The van der Waals surface area contributed by atoms with Gasteiger partial charge in [-0.25, -0.2) is 0 Å². The normalized spacial score (nSPS) is 12.9. The summed E-state index contributed by atoms with van der Waals surface area (Å²) in [6.45, 7) is 7.98. The number of carbonyl (C=O) groups excluding carboxylic acids is 1. The van der Waals surface area contributed by atoms with E-state index < -0.39 is 0 Å². The SMILES string of the molecule is CCC(C)(C)NC(=O)COc1ccc(Br)cc1CC(C)N. The van der Waals surface area contributed by atoms with E-state index in [9.17, 15) is 4.79 Å². The largest absolute Gasteiger partial charge is 0.483 e. The average molecular weight is 357 g/mol. The summed E-state index contributed by atoms with van der Waals surface area (Å²) in [7, 11) is 0. The highest BCUT2D eigenvalue weighted by Crippen LogP contribution is 2.24. The Bertz CT molecular complexity index is 487. The van der Waals surface area contributed by atoms with Crippen molar-refractivity contribution in [2.75, 3.05) is 6.61 Å². The molecule has 0 saturated heterocycles. The summed E-state index contributed by atoms with van der Waals surface area (Å²) in [5.74, 6) is 0.594. The van der Waals surface area contributed by atoms with Gasteiger partial charge in [0.25, 0.3) is 5.91 Å². The van der Waals surface area contributed by atoms with Crippen molar-refractivity contribution in [1.29, 1.82) is 0 Å². The highest BCUT2D eigenvalue weighted by atomic mass is 79.9. The Kier molecular flexibility index (Phi) is 6.68. The summed E-state index contributed by atoms with van der Waals surface area (Å²) < 4.78 is 6.63. The molecule has 1 rings (SSSR count). The molecular weight excluding hydrogens is 332 g/mol. The summed E-state index contributed by atoms with van der Waals surface area (Å²) in [5, 5.41) is 2.95. The lowest BCUT2D eigenvalue weighted by molar-refractivity contribution is -0.124. The van der Waals surface area contributed by atoms with Crippen LogP contribution in [0.3, 0.4) is 0 Å². The molecule has 5 heteroatoms. The fraction of sp³-hybridized carbons (Fsp3) is 0.562. The molecule has 1 unspecified atom stereocenters. The molecule has 21 heavy (non-hydrogen) atoms. The first-order valence-corrected chi connectivity index (χ1v) is 8.00. The Hall–Kier alpha value is -1.07. The van der Waals surface area contributed by atoms with Crippen molar-refractivity contribution in [3.63, 3.8) is 0 Å². The smallest absolute Gasteiger partial charge is 0.258 e. The van der Waals surface area contributed by atoms with Gasteiger partial charge in [-0.05, 0) is 57.4 Å². The number of nitrogens with one attached hydrogen (secondary N) is 1. The highest BCUT2D eigenvalue weighted by Gasteiger charge is 2.18. The highest BCUT2D eigenvalue weighted by molar-refractivity contribution is 9.10. The third-order valence-corrected chi connectivity index (χ3v) is 3.78. The number of nitrogens with two attached hydrogens (primary N) is 1. The zero-order chi connectivity index (χ0) is 16.0. The first-order chi connectivity index (χ1) is 9.73. The zero-order valence-electron chi connectivity index (χ0n) is 13.2. The van der Waals surface area contributed by atoms with E-state index in [2.05, 4.69) is 21.2 Å². The second kappa shape index (κ2) is 7.80. The van der Waals surface area contributed by atoms with E-state index in [1.54, 1.807) is 0 Å². The minimum atomic E-state index is -0.214. The predicted octanol–water partition coefficient (Wildman–Crippen LogP) is 3.02. The molecule has 0 saturated carbocycles. The van der Waals surface area contributed by atoms with Crippen LogP contribution in [0.2, 0.25) is 0 Å². The molecule has 0 heterocycles. The van der Waals surface area contributed by atoms with E-state index in [1.807, 2.05) is 45.9 Å². The van der Waals surface area contributed by atoms with Crippen LogP contribution in [0.4, 0.5) is 0 Å². The predicted molar refractivity (Wildman–Crippen MR) is 89.5 cm³/mol. The molecule has 0 bridgehead atoms. The van der Waals surface area contributed by atoms with E-state index in [0.717, 1.165) is 16.5 Å². The van der Waals surface area contributed by atoms with E-state index in [-0.39, 0.29) is 24.1 Å². The summed E-state index contributed by atoms with van der Waals surface area (Å²) in [6.07, 6.45) is 1.57. The summed E-state index contributed by atoms with van der Waals surface area (Å²) in [6, 6.07) is 5.77. The standard InChI is InChI=1S/C16H25BrN2O2/c1-5-16(3,4)19-15(20)10-21-14-7-6-13(17)9-12(14)8-11(2)18/h6-7,9,11H,5,8,10,18H2,1-4H3,(H,19,20). The molecule has 0 aliphatic rings. The van der Waals surface area contributed by atoms with Crippen LogP contribution in [0.5, 0.6) is 5.75 Å². The maximum absolute atomic E-state index is 11.9. The molecule has 4 nitrogen and oxygen atoms in total. The van der Waals surface area contributed by atoms with Gasteiger partial charge in [0.1, 0.15) is 5.75 Å². The van der Waals surface area contributed by atoms with Crippen LogP contribution in [0.25, 0.3) is 0 Å². The Morgan fingerprint density at radius 2 is 2.14 bits per heavy atom. The molecule has 0 fully saturated rings. The molecule has 0 aromatic heterocycles. The number of hydrogen-bond donors (Lipinski definition) is 2. The Morgan fingerprint density at radius 1 is 1.48 bits per heavy atom. The molecule has 1 atom stereocenters. The van der Waals surface area contributed by atoms with E-state index in [0.29, 0.717) is 12.2 Å². The average Bonchev–Trinajstić information content (AvgIpc) is 2.36. The van der Waals surface area contributed by atoms with Crippen molar-refractivity contribution in [3.8, 4) is 5.75 Å². The van der Waals surface area contributed by atoms with Crippen LogP contribution in [0, 0.1) is 0 Å². The number of hydrogen-bond acceptors (Lipinski definition) is 3. The fourth-order valence-corrected chi connectivity index (χ4v) is 2.25. The Morgan fingerprint density at radius 3 is 2.71 bits per heavy atom. The van der Waals surface area contributed by atoms with Crippen molar-refractivity contribution in [2.24, 2.45) is 5.73 Å². The summed E-state index contributed by atoms with van der Waals surface area (Å²) in [4.78, 5) is 11.9. The van der Waals surface area contributed by atoms with Gasteiger partial charge in [-0.3, -0.25) is 4.79 Å². The van der Waals surface area contributed by atoms with Gasteiger partial charge >= 0.3 is 0 Å². The first-order valence-electron chi connectivity index (χ1n) is 7.21. The molecule has 3 N–H and O–H groups in total. The van der Waals surface area contributed by atoms with E-state index in [1.165, 1.54) is 0 Å². The van der Waals surface area contributed by atoms with Crippen molar-refractivity contribution in [1.82, 2.24) is 5.32 Å². The van der Waals surface area contributed by atoms with Crippen LogP contribution < -0.4 is 15.8 Å². The maximum atomic E-state index is 11.9. The molecule has 0 radical (unpaired) electrons. The summed E-state index contributed by atoms with van der Waals surface area (Å²) in [5.41, 5.74) is 6.64. The number of benzene rings is 1. The van der Waals surface area contributed by atoms with Crippen molar-refractivity contribution in [2.45, 2.75) is 52.1 Å². The van der Waals surface area contributed by atoms with Gasteiger partial charge in [0.05, 0.1) is 0 Å². The third kappa shape index (κ3) is 6.48. The summed E-state index contributed by atoms with van der Waals surface area (Å²) >= 11 is 3.44. The van der Waals surface area contributed by atoms with Gasteiger partial charge in [-0.1, -0.05) is 22.9 Å². The monoisotopic (exact) mass is 356 g/mol. The number of ether oxygens (including phenoxy) is 1. The van der Waals surface area contributed by atoms with Crippen LogP contribution in [0.15, 0.2) is 22.7 Å². The number of halogens is 1. The Labute approximate surface area is 135 Å². The number of rotatable bonds is 7. The molecule has 0 aliphatic heterocycles. The van der Waals surface area contributed by atoms with Gasteiger partial charge in [0.2, 0.25) is 0 Å². The lowest BCUT2D eigenvalue weighted by atomic mass is 10.0. The second-order valence-corrected chi connectivity index (χ2v) is 6.92. The minimum Gasteiger partial charge on any atom is -0.483 e. The lowest BCUT2D eigenvalue weighted by Crippen LogP contribution is -2.44. The Balaban J connectivity index is 2.68. The molecule has 118 valence electrons. The van der Waals surface area contributed by atoms with Crippen molar-refractivity contribution in [3.05, 3.63) is 28.2 Å². The van der Waals surface area contributed by atoms with Crippen LogP contribution in [-0.2, 0) is 11.2 Å². The molecule has 0 aliphatic carbocycles. The minimum absolute atomic E-state index is 0.0109. The van der Waals surface area contributed by atoms with Crippen molar-refractivity contribution >= 4 is 21.8 Å². The maximum Gasteiger partial charge on any atom is 0.258 e. The number of amides is 1. The van der Waals surface area contributed by atoms with Gasteiger partial charge in [0, 0.05) is 16.1 Å². The quantitative estimate of drug-likeness (QED) is 0.789. The van der Waals surface area contributed by atoms with Gasteiger partial charge in [0.15, 0.2) is 6.61 Å². The van der Waals surface area contributed by atoms with Gasteiger partial charge in [-0.15, -0.1) is 0 Å². The fourth-order valence-electron chi connectivity index (χ4n) is 1.84. The second-order valence-electron chi connectivity index (χ2n) is 6.01. The molecule has 1 aromatic rings. The molecule has 1 aromatic carbocycles. The van der Waals surface area contributed by atoms with Crippen molar-refractivity contribution < 1.29 is 9.53 Å². The first kappa shape index (κ1) is 18.0. The van der Waals surface area contributed by atoms with E-state index in [4.69, 9.17) is 10.5 Å². The zero-order valence-corrected chi connectivity index (χ0v) is 14.8. The van der Waals surface area contributed by atoms with Gasteiger partial charge < -0.3 is 15.8 Å². The number of carbonyl (C=O) groups is 1. The third-order valence-electron chi connectivity index (χ3n) is 3.28. The van der Waals surface area contributed by atoms with Crippen LogP contribution in [0.1, 0.15) is 39.7 Å².